The van der Waals surface area contributed by atoms with Crippen molar-refractivity contribution >= 4 is 5.78 Å². The van der Waals surface area contributed by atoms with E-state index in [0.29, 0.717) is 31.1 Å². The highest BCUT2D eigenvalue weighted by Crippen LogP contribution is 2.35. The summed E-state index contributed by atoms with van der Waals surface area (Å²) >= 11 is 0. The Labute approximate surface area is 98.4 Å². The van der Waals surface area contributed by atoms with E-state index in [0.717, 1.165) is 32.1 Å². The fourth-order valence-electron chi connectivity index (χ4n) is 2.75. The van der Waals surface area contributed by atoms with Crippen LogP contribution in [0.5, 0.6) is 0 Å². The maximum atomic E-state index is 12.0. The Bertz CT molecular complexity index is 218. The maximum Gasteiger partial charge on any atom is 0.136 e. The molecule has 0 aromatic carbocycles. The molecule has 3 nitrogen and oxygen atoms in total. The number of hydrogen-bond donors (Lipinski definition) is 2. The van der Waals surface area contributed by atoms with Crippen LogP contribution in [-0.4, -0.2) is 23.5 Å². The second kappa shape index (κ2) is 7.02. The summed E-state index contributed by atoms with van der Waals surface area (Å²) in [5.74, 6) is 0.898. The molecule has 0 radical (unpaired) electrons. The Morgan fingerprint density at radius 1 is 1.31 bits per heavy atom. The third-order valence-corrected chi connectivity index (χ3v) is 3.74. The van der Waals surface area contributed by atoms with Crippen LogP contribution in [0.15, 0.2) is 0 Å². The lowest BCUT2D eigenvalue weighted by molar-refractivity contribution is -0.124. The number of aliphatic hydroxyl groups is 1. The summed E-state index contributed by atoms with van der Waals surface area (Å²) in [7, 11) is 0. The van der Waals surface area contributed by atoms with Gasteiger partial charge in [-0.15, -0.1) is 0 Å². The Morgan fingerprint density at radius 3 is 2.69 bits per heavy atom. The van der Waals surface area contributed by atoms with Crippen LogP contribution >= 0.6 is 0 Å². The first-order valence-electron chi connectivity index (χ1n) is 6.59. The molecule has 0 aliphatic heterocycles. The van der Waals surface area contributed by atoms with Gasteiger partial charge in [-0.25, -0.2) is 0 Å². The topological polar surface area (TPSA) is 63.3 Å². The van der Waals surface area contributed by atoms with Crippen molar-refractivity contribution in [3.63, 3.8) is 0 Å². The van der Waals surface area contributed by atoms with E-state index in [1.807, 2.05) is 0 Å². The van der Waals surface area contributed by atoms with Crippen molar-refractivity contribution in [1.82, 2.24) is 0 Å². The summed E-state index contributed by atoms with van der Waals surface area (Å²) < 4.78 is 0. The number of aliphatic hydroxyl groups excluding tert-OH is 1. The second-order valence-corrected chi connectivity index (χ2v) is 4.97. The Balaban J connectivity index is 2.29. The molecule has 0 aromatic heterocycles. The number of nitrogens with two attached hydrogens (primary N) is 1. The highest BCUT2D eigenvalue weighted by atomic mass is 16.3. The van der Waals surface area contributed by atoms with Crippen LogP contribution in [0.1, 0.15) is 51.9 Å². The largest absolute Gasteiger partial charge is 0.393 e. The van der Waals surface area contributed by atoms with Gasteiger partial charge in [0.25, 0.3) is 0 Å². The number of Topliss-reactive ketones (excluding diaryl/α,β-unsaturated/α-hetero) is 1. The molecule has 3 N–H and O–H groups in total. The van der Waals surface area contributed by atoms with Gasteiger partial charge in [0.2, 0.25) is 0 Å². The molecule has 1 saturated carbocycles. The molecule has 0 amide bonds. The van der Waals surface area contributed by atoms with E-state index in [2.05, 4.69) is 6.92 Å². The minimum atomic E-state index is -0.247. The van der Waals surface area contributed by atoms with Crippen molar-refractivity contribution in [2.24, 2.45) is 17.6 Å². The van der Waals surface area contributed by atoms with Crippen LogP contribution in [0.4, 0.5) is 0 Å². The van der Waals surface area contributed by atoms with Gasteiger partial charge in [-0.3, -0.25) is 4.79 Å². The molecule has 1 rings (SSSR count). The van der Waals surface area contributed by atoms with Crippen molar-refractivity contribution in [3.05, 3.63) is 0 Å². The van der Waals surface area contributed by atoms with Gasteiger partial charge in [0, 0.05) is 12.3 Å². The number of rotatable bonds is 7. The molecule has 1 unspecified atom stereocenters. The number of carbonyl (C=O) groups is 1. The molecule has 0 aromatic rings. The van der Waals surface area contributed by atoms with E-state index >= 15 is 0 Å². The SMILES string of the molecule is CC[C@@H]1C[C@@H](O)CC1C(=O)CCCCCN. The van der Waals surface area contributed by atoms with Crippen LogP contribution < -0.4 is 5.73 Å². The first-order chi connectivity index (χ1) is 7.69. The van der Waals surface area contributed by atoms with E-state index < -0.39 is 0 Å². The molecule has 0 heterocycles. The zero-order valence-electron chi connectivity index (χ0n) is 10.3. The van der Waals surface area contributed by atoms with Crippen LogP contribution in [0.3, 0.4) is 0 Å². The average molecular weight is 227 g/mol. The molecule has 16 heavy (non-hydrogen) atoms. The normalized spacial score (nSPS) is 29.6. The molecule has 94 valence electrons. The number of unbranched alkanes of at least 4 members (excludes halogenated alkanes) is 2. The summed E-state index contributed by atoms with van der Waals surface area (Å²) in [5.41, 5.74) is 5.41. The average Bonchev–Trinajstić information content (AvgIpc) is 2.65. The van der Waals surface area contributed by atoms with Crippen LogP contribution in [-0.2, 0) is 4.79 Å². The summed E-state index contributed by atoms with van der Waals surface area (Å²) in [5, 5.41) is 9.59. The van der Waals surface area contributed by atoms with Gasteiger partial charge in [0.15, 0.2) is 0 Å². The van der Waals surface area contributed by atoms with Crippen molar-refractivity contribution in [3.8, 4) is 0 Å². The molecular formula is C13H25NO2. The maximum absolute atomic E-state index is 12.0. The van der Waals surface area contributed by atoms with Gasteiger partial charge in [-0.2, -0.15) is 0 Å². The molecule has 1 fully saturated rings. The predicted molar refractivity (Wildman–Crippen MR) is 65.0 cm³/mol. The summed E-state index contributed by atoms with van der Waals surface area (Å²) in [6, 6.07) is 0. The fraction of sp³-hybridized carbons (Fsp3) is 0.923. The van der Waals surface area contributed by atoms with E-state index in [1.165, 1.54) is 0 Å². The monoisotopic (exact) mass is 227 g/mol. The fourth-order valence-corrected chi connectivity index (χ4v) is 2.75. The van der Waals surface area contributed by atoms with Crippen molar-refractivity contribution < 1.29 is 9.90 Å². The first kappa shape index (κ1) is 13.7. The van der Waals surface area contributed by atoms with Crippen LogP contribution in [0, 0.1) is 11.8 Å². The molecule has 1 aliphatic rings. The highest BCUT2D eigenvalue weighted by Gasteiger charge is 2.35. The van der Waals surface area contributed by atoms with Gasteiger partial charge < -0.3 is 10.8 Å². The van der Waals surface area contributed by atoms with E-state index in [9.17, 15) is 9.90 Å². The summed E-state index contributed by atoms with van der Waals surface area (Å²) in [6.07, 6.45) is 5.96. The lowest BCUT2D eigenvalue weighted by Gasteiger charge is -2.15. The standard InChI is InChI=1S/C13H25NO2/c1-2-10-8-11(15)9-12(10)13(16)6-4-3-5-7-14/h10-12,15H,2-9,14H2,1H3/t10-,11-,12?/m1/s1. The number of hydrogen-bond acceptors (Lipinski definition) is 3. The van der Waals surface area contributed by atoms with Crippen LogP contribution in [0.2, 0.25) is 0 Å². The van der Waals surface area contributed by atoms with E-state index in [1.54, 1.807) is 0 Å². The highest BCUT2D eigenvalue weighted by molar-refractivity contribution is 5.81. The van der Waals surface area contributed by atoms with Crippen molar-refractivity contribution in [1.29, 1.82) is 0 Å². The summed E-state index contributed by atoms with van der Waals surface area (Å²) in [6.45, 7) is 2.82. The third-order valence-electron chi connectivity index (χ3n) is 3.74. The Kier molecular flexibility index (Phi) is 5.99. The summed E-state index contributed by atoms with van der Waals surface area (Å²) in [4.78, 5) is 12.0. The van der Waals surface area contributed by atoms with Gasteiger partial charge in [0.1, 0.15) is 5.78 Å². The second-order valence-electron chi connectivity index (χ2n) is 4.97. The van der Waals surface area contributed by atoms with Crippen molar-refractivity contribution in [2.45, 2.75) is 58.0 Å². The molecular weight excluding hydrogens is 202 g/mol. The minimum absolute atomic E-state index is 0.123. The number of carbonyl (C=O) groups excluding carboxylic acids is 1. The zero-order valence-corrected chi connectivity index (χ0v) is 10.3. The van der Waals surface area contributed by atoms with E-state index in [-0.39, 0.29) is 12.0 Å². The number of ketones is 1. The third kappa shape index (κ3) is 3.87. The lowest BCUT2D eigenvalue weighted by atomic mass is 9.88. The minimum Gasteiger partial charge on any atom is -0.393 e. The van der Waals surface area contributed by atoms with E-state index in [4.69, 9.17) is 5.73 Å². The molecule has 0 spiro atoms. The van der Waals surface area contributed by atoms with Crippen molar-refractivity contribution in [2.75, 3.05) is 6.54 Å². The Morgan fingerprint density at radius 2 is 2.06 bits per heavy atom. The molecule has 0 saturated heterocycles. The molecule has 3 atom stereocenters. The van der Waals surface area contributed by atoms with Gasteiger partial charge in [-0.1, -0.05) is 19.8 Å². The smallest absolute Gasteiger partial charge is 0.136 e. The molecule has 1 aliphatic carbocycles. The molecule has 3 heteroatoms. The quantitative estimate of drug-likeness (QED) is 0.653. The first-order valence-corrected chi connectivity index (χ1v) is 6.59. The predicted octanol–water partition coefficient (Wildman–Crippen LogP) is 1.87. The zero-order chi connectivity index (χ0) is 12.0. The van der Waals surface area contributed by atoms with Gasteiger partial charge >= 0.3 is 0 Å². The lowest BCUT2D eigenvalue weighted by Crippen LogP contribution is -2.18. The van der Waals surface area contributed by atoms with Gasteiger partial charge in [0.05, 0.1) is 6.10 Å². The van der Waals surface area contributed by atoms with Crippen LogP contribution in [0.25, 0.3) is 0 Å². The Hall–Kier alpha value is -0.410. The van der Waals surface area contributed by atoms with Gasteiger partial charge in [-0.05, 0) is 38.1 Å². The molecule has 0 bridgehead atoms.